The molecule has 1 fully saturated rings. The molecular formula is C36H38F3N3O5. The maximum Gasteiger partial charge on any atom is 0.392 e. The Morgan fingerprint density at radius 1 is 1.02 bits per heavy atom. The first-order valence-electron chi connectivity index (χ1n) is 15.4. The fourth-order valence-electron chi connectivity index (χ4n) is 6.39. The standard InChI is InChI=1S/C36H38F3N3O5/c1-22(36(37,38)39)30(31(44)40-27-12-8-9-24(17-27)18-35(33(45)46)19-28(35)34(2,3)4)25-15-13-23(14-16-25)20-42-29(43)21-47-32(41-42)26-10-6-5-7-11-26/h5-17,22,28,30H,18-21H2,1-4H3,(H,40,44)(H,45,46). The van der Waals surface area contributed by atoms with Crippen molar-refractivity contribution in [2.45, 2.75) is 59.2 Å². The highest BCUT2D eigenvalue weighted by molar-refractivity contribution is 5.98. The van der Waals surface area contributed by atoms with E-state index in [0.717, 1.165) is 6.92 Å². The first-order chi connectivity index (χ1) is 22.1. The fourth-order valence-corrected chi connectivity index (χ4v) is 6.39. The molecular weight excluding hydrogens is 611 g/mol. The van der Waals surface area contributed by atoms with Gasteiger partial charge in [-0.1, -0.05) is 82.3 Å². The molecule has 3 aromatic rings. The van der Waals surface area contributed by atoms with Gasteiger partial charge in [-0.15, -0.1) is 5.10 Å². The highest BCUT2D eigenvalue weighted by atomic mass is 19.4. The molecule has 2 aliphatic rings. The summed E-state index contributed by atoms with van der Waals surface area (Å²) in [6, 6.07) is 21.8. The molecule has 248 valence electrons. The van der Waals surface area contributed by atoms with Crippen LogP contribution in [0.3, 0.4) is 0 Å². The second kappa shape index (κ2) is 12.8. The van der Waals surface area contributed by atoms with E-state index in [1.54, 1.807) is 48.5 Å². The van der Waals surface area contributed by atoms with Crippen molar-refractivity contribution >= 4 is 29.4 Å². The van der Waals surface area contributed by atoms with Crippen LogP contribution in [-0.4, -0.2) is 46.6 Å². The van der Waals surface area contributed by atoms with Crippen LogP contribution in [0.1, 0.15) is 62.3 Å². The predicted molar refractivity (Wildman–Crippen MR) is 170 cm³/mol. The minimum absolute atomic E-state index is 0.0233. The third-order valence-electron chi connectivity index (χ3n) is 9.08. The van der Waals surface area contributed by atoms with Crippen molar-refractivity contribution in [2.24, 2.45) is 27.8 Å². The van der Waals surface area contributed by atoms with Crippen LogP contribution in [0.15, 0.2) is 84.0 Å². The zero-order valence-corrected chi connectivity index (χ0v) is 26.7. The monoisotopic (exact) mass is 649 g/mol. The number of hydrazone groups is 1. The van der Waals surface area contributed by atoms with E-state index in [4.69, 9.17) is 4.74 Å². The lowest BCUT2D eigenvalue weighted by atomic mass is 9.82. The summed E-state index contributed by atoms with van der Waals surface area (Å²) in [5.41, 5.74) is 1.31. The van der Waals surface area contributed by atoms with Crippen LogP contribution in [0.25, 0.3) is 0 Å². The minimum Gasteiger partial charge on any atom is -0.481 e. The fraction of sp³-hybridized carbons (Fsp3) is 0.389. The molecule has 1 aliphatic heterocycles. The second-order valence-electron chi connectivity index (χ2n) is 13.5. The van der Waals surface area contributed by atoms with Crippen molar-refractivity contribution in [1.29, 1.82) is 0 Å². The van der Waals surface area contributed by atoms with Crippen LogP contribution in [-0.2, 0) is 32.1 Å². The number of nitrogens with zero attached hydrogens (tertiary/aromatic N) is 2. The zero-order chi connectivity index (χ0) is 34.1. The highest BCUT2D eigenvalue weighted by Gasteiger charge is 2.63. The number of rotatable bonds is 10. The molecule has 1 aliphatic carbocycles. The summed E-state index contributed by atoms with van der Waals surface area (Å²) in [6.45, 7) is 6.84. The number of carbonyl (C=O) groups excluding carboxylic acids is 2. The normalized spacial score (nSPS) is 20.9. The molecule has 4 unspecified atom stereocenters. The molecule has 0 saturated heterocycles. The van der Waals surface area contributed by atoms with Gasteiger partial charge >= 0.3 is 12.1 Å². The van der Waals surface area contributed by atoms with Crippen LogP contribution in [0, 0.1) is 22.7 Å². The first-order valence-corrected chi connectivity index (χ1v) is 15.4. The SMILES string of the molecule is CC(C(C(=O)Nc1cccc(CC2(C(=O)O)CC2C(C)(C)C)c1)c1ccc(CN2N=C(c3ccccc3)OCC2=O)cc1)C(F)(F)F. The Morgan fingerprint density at radius 3 is 2.30 bits per heavy atom. The lowest BCUT2D eigenvalue weighted by Gasteiger charge is -2.27. The number of hydrogen-bond acceptors (Lipinski definition) is 5. The molecule has 0 bridgehead atoms. The van der Waals surface area contributed by atoms with Crippen molar-refractivity contribution < 1.29 is 37.4 Å². The number of aliphatic carboxylic acids is 1. The number of hydrogen-bond donors (Lipinski definition) is 2. The second-order valence-corrected chi connectivity index (χ2v) is 13.5. The predicted octanol–water partition coefficient (Wildman–Crippen LogP) is 7.01. The van der Waals surface area contributed by atoms with Crippen LogP contribution < -0.4 is 5.32 Å². The molecule has 0 radical (unpaired) electrons. The molecule has 0 aromatic heterocycles. The topological polar surface area (TPSA) is 108 Å². The van der Waals surface area contributed by atoms with Crippen molar-refractivity contribution in [3.63, 3.8) is 0 Å². The van der Waals surface area contributed by atoms with E-state index in [2.05, 4.69) is 10.4 Å². The van der Waals surface area contributed by atoms with Gasteiger partial charge in [0.25, 0.3) is 5.91 Å². The average molecular weight is 650 g/mol. The molecule has 47 heavy (non-hydrogen) atoms. The lowest BCUT2D eigenvalue weighted by Crippen LogP contribution is -2.36. The van der Waals surface area contributed by atoms with Crippen LogP contribution in [0.5, 0.6) is 0 Å². The number of amides is 2. The molecule has 8 nitrogen and oxygen atoms in total. The maximum atomic E-state index is 14.1. The molecule has 1 saturated carbocycles. The van der Waals surface area contributed by atoms with Crippen molar-refractivity contribution in [3.05, 3.63) is 101 Å². The number of nitrogens with one attached hydrogen (secondary N) is 1. The Balaban J connectivity index is 1.33. The summed E-state index contributed by atoms with van der Waals surface area (Å²) in [5.74, 6) is -5.41. The number of alkyl halides is 3. The smallest absolute Gasteiger partial charge is 0.392 e. The molecule has 3 aromatic carbocycles. The van der Waals surface area contributed by atoms with Crippen molar-refractivity contribution in [2.75, 3.05) is 11.9 Å². The van der Waals surface area contributed by atoms with Crippen LogP contribution in [0.4, 0.5) is 18.9 Å². The number of benzene rings is 3. The third-order valence-corrected chi connectivity index (χ3v) is 9.08. The number of carbonyl (C=O) groups is 3. The number of anilines is 1. The summed E-state index contributed by atoms with van der Waals surface area (Å²) in [6.07, 6.45) is -3.88. The van der Waals surface area contributed by atoms with E-state index in [-0.39, 0.29) is 54.0 Å². The Morgan fingerprint density at radius 2 is 1.70 bits per heavy atom. The molecule has 1 heterocycles. The van der Waals surface area contributed by atoms with Gasteiger partial charge in [-0.2, -0.15) is 13.2 Å². The summed E-state index contributed by atoms with van der Waals surface area (Å²) >= 11 is 0. The van der Waals surface area contributed by atoms with Gasteiger partial charge < -0.3 is 15.2 Å². The number of carboxylic acids is 1. The van der Waals surface area contributed by atoms with Crippen LogP contribution in [0.2, 0.25) is 0 Å². The van der Waals surface area contributed by atoms with Gasteiger partial charge in [0.1, 0.15) is 0 Å². The Bertz CT molecular complexity index is 1670. The molecule has 0 spiro atoms. The van der Waals surface area contributed by atoms with Gasteiger partial charge in [0.15, 0.2) is 6.61 Å². The largest absolute Gasteiger partial charge is 0.481 e. The molecule has 4 atom stereocenters. The molecule has 2 amide bonds. The van der Waals surface area contributed by atoms with E-state index in [1.807, 2.05) is 39.0 Å². The maximum absolute atomic E-state index is 14.1. The summed E-state index contributed by atoms with van der Waals surface area (Å²) in [7, 11) is 0. The van der Waals surface area contributed by atoms with Gasteiger partial charge in [0, 0.05) is 11.3 Å². The quantitative estimate of drug-likeness (QED) is 0.246. The molecule has 11 heteroatoms. The van der Waals surface area contributed by atoms with Gasteiger partial charge in [-0.25, -0.2) is 5.01 Å². The summed E-state index contributed by atoms with van der Waals surface area (Å²) < 4.78 is 47.6. The van der Waals surface area contributed by atoms with Crippen molar-refractivity contribution in [3.8, 4) is 0 Å². The van der Waals surface area contributed by atoms with Gasteiger partial charge in [0.2, 0.25) is 11.8 Å². The Labute approximate surface area is 271 Å². The molecule has 5 rings (SSSR count). The van der Waals surface area contributed by atoms with Crippen LogP contribution >= 0.6 is 0 Å². The van der Waals surface area contributed by atoms with Gasteiger partial charge in [-0.05, 0) is 65.1 Å². The zero-order valence-electron chi connectivity index (χ0n) is 26.7. The average Bonchev–Trinajstić information content (AvgIpc) is 3.76. The summed E-state index contributed by atoms with van der Waals surface area (Å²) in [5, 5.41) is 18.2. The summed E-state index contributed by atoms with van der Waals surface area (Å²) in [4.78, 5) is 38.3. The van der Waals surface area contributed by atoms with E-state index >= 15 is 0 Å². The molecule has 2 N–H and O–H groups in total. The van der Waals surface area contributed by atoms with Gasteiger partial charge in [0.05, 0.1) is 23.8 Å². The van der Waals surface area contributed by atoms with E-state index in [9.17, 15) is 32.7 Å². The van der Waals surface area contributed by atoms with E-state index in [0.29, 0.717) is 23.1 Å². The van der Waals surface area contributed by atoms with Crippen molar-refractivity contribution in [1.82, 2.24) is 5.01 Å². The first kappa shape index (κ1) is 33.7. The van der Waals surface area contributed by atoms with Gasteiger partial charge in [-0.3, -0.25) is 14.4 Å². The van der Waals surface area contributed by atoms with E-state index in [1.165, 1.54) is 17.1 Å². The number of ether oxygens (including phenoxy) is 1. The Hall–Kier alpha value is -4.67. The van der Waals surface area contributed by atoms with E-state index < -0.39 is 35.3 Å². The highest BCUT2D eigenvalue weighted by Crippen LogP contribution is 2.62. The minimum atomic E-state index is -4.66. The number of carboxylic acid groups (broad SMARTS) is 1. The third kappa shape index (κ3) is 7.50. The number of halogens is 3. The lowest BCUT2D eigenvalue weighted by molar-refractivity contribution is -0.178. The Kier molecular flexibility index (Phi) is 9.21.